The van der Waals surface area contributed by atoms with Gasteiger partial charge in [0.05, 0.1) is 6.10 Å². The second-order valence-corrected chi connectivity index (χ2v) is 4.64. The van der Waals surface area contributed by atoms with Crippen molar-refractivity contribution < 1.29 is 9.50 Å². The van der Waals surface area contributed by atoms with Crippen LogP contribution in [0.25, 0.3) is 21.8 Å². The molecule has 92 valence electrons. The molecule has 1 N–H and O–H groups in total. The van der Waals surface area contributed by atoms with Gasteiger partial charge in [-0.3, -0.25) is 0 Å². The monoisotopic (exact) mass is 243 g/mol. The molecule has 0 saturated carbocycles. The number of hydrogen-bond donors (Lipinski definition) is 1. The summed E-state index contributed by atoms with van der Waals surface area (Å²) in [7, 11) is 0. The molecule has 18 heavy (non-hydrogen) atoms. The molecule has 0 bridgehead atoms. The molecule has 0 radical (unpaired) electrons. The van der Waals surface area contributed by atoms with E-state index in [1.54, 1.807) is 19.1 Å². The fraction of sp³-hybridized carbons (Fsp3) is 0.200. The Morgan fingerprint density at radius 2 is 1.83 bits per heavy atom. The largest absolute Gasteiger partial charge is 0.392 e. The number of aromatic nitrogens is 1. The first kappa shape index (κ1) is 11.2. The highest BCUT2D eigenvalue weighted by atomic mass is 19.1. The van der Waals surface area contributed by atoms with E-state index in [1.165, 1.54) is 6.07 Å². The summed E-state index contributed by atoms with van der Waals surface area (Å²) >= 11 is 0. The van der Waals surface area contributed by atoms with Gasteiger partial charge in [-0.15, -0.1) is 0 Å². The van der Waals surface area contributed by atoms with Crippen molar-refractivity contribution in [2.75, 3.05) is 0 Å². The molecule has 1 heterocycles. The molecule has 1 atom stereocenters. The van der Waals surface area contributed by atoms with E-state index in [-0.39, 0.29) is 5.82 Å². The van der Waals surface area contributed by atoms with Crippen LogP contribution >= 0.6 is 0 Å². The molecule has 0 aliphatic heterocycles. The topological polar surface area (TPSA) is 25.2 Å². The summed E-state index contributed by atoms with van der Waals surface area (Å²) in [6.07, 6.45) is -0.436. The van der Waals surface area contributed by atoms with E-state index in [0.29, 0.717) is 6.54 Å². The van der Waals surface area contributed by atoms with Gasteiger partial charge in [-0.1, -0.05) is 18.2 Å². The fourth-order valence-corrected chi connectivity index (χ4v) is 2.49. The predicted molar refractivity (Wildman–Crippen MR) is 71.1 cm³/mol. The fourth-order valence-electron chi connectivity index (χ4n) is 2.49. The number of aliphatic hydroxyl groups is 1. The molecular weight excluding hydrogens is 229 g/mol. The maximum absolute atomic E-state index is 13.4. The smallest absolute Gasteiger partial charge is 0.123 e. The van der Waals surface area contributed by atoms with Crippen LogP contribution < -0.4 is 0 Å². The number of halogens is 1. The zero-order valence-electron chi connectivity index (χ0n) is 10.1. The van der Waals surface area contributed by atoms with Gasteiger partial charge >= 0.3 is 0 Å². The zero-order chi connectivity index (χ0) is 12.7. The lowest BCUT2D eigenvalue weighted by Gasteiger charge is -2.09. The van der Waals surface area contributed by atoms with Gasteiger partial charge in [0, 0.05) is 28.4 Å². The van der Waals surface area contributed by atoms with Crippen LogP contribution in [-0.4, -0.2) is 15.8 Å². The number of benzene rings is 2. The number of fused-ring (bicyclic) bond motifs is 3. The minimum atomic E-state index is -0.436. The van der Waals surface area contributed by atoms with Gasteiger partial charge in [0.1, 0.15) is 5.82 Å². The Hall–Kier alpha value is -1.87. The lowest BCUT2D eigenvalue weighted by atomic mass is 10.1. The van der Waals surface area contributed by atoms with Crippen molar-refractivity contribution in [3.05, 3.63) is 48.3 Å². The Morgan fingerprint density at radius 1 is 1.11 bits per heavy atom. The molecule has 0 aliphatic carbocycles. The number of nitrogens with zero attached hydrogens (tertiary/aromatic N) is 1. The third kappa shape index (κ3) is 1.68. The maximum Gasteiger partial charge on any atom is 0.123 e. The van der Waals surface area contributed by atoms with Crippen molar-refractivity contribution >= 4 is 21.8 Å². The first-order chi connectivity index (χ1) is 8.66. The normalized spacial score (nSPS) is 13.3. The lowest BCUT2D eigenvalue weighted by Crippen LogP contribution is -2.11. The van der Waals surface area contributed by atoms with Crippen LogP contribution in [0.15, 0.2) is 42.5 Å². The van der Waals surface area contributed by atoms with E-state index in [9.17, 15) is 9.50 Å². The quantitative estimate of drug-likeness (QED) is 0.734. The average molecular weight is 243 g/mol. The highest BCUT2D eigenvalue weighted by Crippen LogP contribution is 2.29. The molecule has 3 aromatic rings. The van der Waals surface area contributed by atoms with E-state index in [0.717, 1.165) is 21.8 Å². The summed E-state index contributed by atoms with van der Waals surface area (Å²) in [5.74, 6) is -0.234. The van der Waals surface area contributed by atoms with Gasteiger partial charge < -0.3 is 9.67 Å². The van der Waals surface area contributed by atoms with Crippen LogP contribution in [0.5, 0.6) is 0 Å². The molecule has 1 aromatic heterocycles. The van der Waals surface area contributed by atoms with Gasteiger partial charge in [0.2, 0.25) is 0 Å². The SMILES string of the molecule is CC(O)Cn1c2ccccc2c2cc(F)ccc21. The Kier molecular flexibility index (Phi) is 2.56. The Bertz CT molecular complexity index is 715. The van der Waals surface area contributed by atoms with E-state index >= 15 is 0 Å². The summed E-state index contributed by atoms with van der Waals surface area (Å²) in [6.45, 7) is 2.26. The van der Waals surface area contributed by atoms with Crippen LogP contribution in [0, 0.1) is 5.82 Å². The molecule has 0 aliphatic rings. The lowest BCUT2D eigenvalue weighted by molar-refractivity contribution is 0.176. The highest BCUT2D eigenvalue weighted by molar-refractivity contribution is 6.08. The van der Waals surface area contributed by atoms with Crippen LogP contribution in [0.4, 0.5) is 4.39 Å². The third-order valence-electron chi connectivity index (χ3n) is 3.18. The van der Waals surface area contributed by atoms with Crippen molar-refractivity contribution in [1.29, 1.82) is 0 Å². The zero-order valence-corrected chi connectivity index (χ0v) is 10.1. The van der Waals surface area contributed by atoms with E-state index in [1.807, 2.05) is 28.8 Å². The number of rotatable bonds is 2. The summed E-state index contributed by atoms with van der Waals surface area (Å²) in [6, 6.07) is 12.7. The Labute approximate surface area is 104 Å². The molecule has 3 rings (SSSR count). The van der Waals surface area contributed by atoms with Gasteiger partial charge in [0.15, 0.2) is 0 Å². The Morgan fingerprint density at radius 3 is 2.61 bits per heavy atom. The minimum absolute atomic E-state index is 0.234. The van der Waals surface area contributed by atoms with Crippen LogP contribution in [-0.2, 0) is 6.54 Å². The first-order valence-electron chi connectivity index (χ1n) is 6.01. The molecular formula is C15H14FNO. The summed E-state index contributed by atoms with van der Waals surface area (Å²) in [5.41, 5.74) is 1.98. The second-order valence-electron chi connectivity index (χ2n) is 4.64. The van der Waals surface area contributed by atoms with Gasteiger partial charge in [0.25, 0.3) is 0 Å². The average Bonchev–Trinajstić information content (AvgIpc) is 2.64. The minimum Gasteiger partial charge on any atom is -0.392 e. The summed E-state index contributed by atoms with van der Waals surface area (Å²) in [4.78, 5) is 0. The molecule has 2 nitrogen and oxygen atoms in total. The number of hydrogen-bond acceptors (Lipinski definition) is 1. The number of para-hydroxylation sites is 1. The van der Waals surface area contributed by atoms with Gasteiger partial charge in [-0.2, -0.15) is 0 Å². The van der Waals surface area contributed by atoms with Crippen molar-refractivity contribution in [2.45, 2.75) is 19.6 Å². The van der Waals surface area contributed by atoms with Crippen molar-refractivity contribution in [3.8, 4) is 0 Å². The van der Waals surface area contributed by atoms with E-state index in [2.05, 4.69) is 0 Å². The highest BCUT2D eigenvalue weighted by Gasteiger charge is 2.11. The third-order valence-corrected chi connectivity index (χ3v) is 3.18. The predicted octanol–water partition coefficient (Wildman–Crippen LogP) is 3.31. The first-order valence-corrected chi connectivity index (χ1v) is 6.01. The molecule has 2 aromatic carbocycles. The molecule has 0 amide bonds. The molecule has 1 unspecified atom stereocenters. The maximum atomic E-state index is 13.4. The molecule has 0 saturated heterocycles. The summed E-state index contributed by atoms with van der Waals surface area (Å²) in [5, 5.41) is 11.5. The van der Waals surface area contributed by atoms with Crippen molar-refractivity contribution in [3.63, 3.8) is 0 Å². The van der Waals surface area contributed by atoms with Crippen LogP contribution in [0.1, 0.15) is 6.92 Å². The van der Waals surface area contributed by atoms with Gasteiger partial charge in [-0.25, -0.2) is 4.39 Å². The van der Waals surface area contributed by atoms with Crippen LogP contribution in [0.2, 0.25) is 0 Å². The van der Waals surface area contributed by atoms with Gasteiger partial charge in [-0.05, 0) is 31.2 Å². The van der Waals surface area contributed by atoms with Crippen LogP contribution in [0.3, 0.4) is 0 Å². The molecule has 0 spiro atoms. The standard InChI is InChI=1S/C15H14FNO/c1-10(18)9-17-14-5-3-2-4-12(14)13-8-11(16)6-7-15(13)17/h2-8,10,18H,9H2,1H3. The van der Waals surface area contributed by atoms with Crippen molar-refractivity contribution in [2.24, 2.45) is 0 Å². The Balaban J connectivity index is 2.42. The second kappa shape index (κ2) is 4.10. The molecule has 3 heteroatoms. The van der Waals surface area contributed by atoms with E-state index < -0.39 is 6.10 Å². The summed E-state index contributed by atoms with van der Waals surface area (Å²) < 4.78 is 15.4. The number of aliphatic hydroxyl groups excluding tert-OH is 1. The van der Waals surface area contributed by atoms with E-state index in [4.69, 9.17) is 0 Å². The van der Waals surface area contributed by atoms with Crippen molar-refractivity contribution in [1.82, 2.24) is 4.57 Å². The molecule has 0 fully saturated rings.